The van der Waals surface area contributed by atoms with E-state index in [1.165, 1.54) is 5.56 Å². The third-order valence-corrected chi connectivity index (χ3v) is 3.75. The summed E-state index contributed by atoms with van der Waals surface area (Å²) in [6.45, 7) is 7.59. The molecule has 0 unspecified atom stereocenters. The molecule has 2 N–H and O–H groups in total. The molecule has 0 heterocycles. The minimum absolute atomic E-state index is 0.823. The third-order valence-electron chi connectivity index (χ3n) is 3.75. The van der Waals surface area contributed by atoms with Gasteiger partial charge in [0.15, 0.2) is 5.96 Å². The number of likely N-dealkylation sites (N-methyl/N-ethyl adjacent to an activating group) is 1. The fourth-order valence-corrected chi connectivity index (χ4v) is 2.42. The number of hydrogen-bond acceptors (Lipinski definition) is 3. The van der Waals surface area contributed by atoms with Gasteiger partial charge in [-0.1, -0.05) is 30.3 Å². The maximum Gasteiger partial charge on any atom is 0.191 e. The summed E-state index contributed by atoms with van der Waals surface area (Å²) in [4.78, 5) is 6.97. The first kappa shape index (κ1) is 20.5. The maximum atomic E-state index is 5.08. The molecular formula is C19H34N4O. The molecule has 0 atom stereocenters. The highest BCUT2D eigenvalue weighted by atomic mass is 16.5. The first-order valence-corrected chi connectivity index (χ1v) is 8.99. The van der Waals surface area contributed by atoms with E-state index in [4.69, 9.17) is 4.74 Å². The van der Waals surface area contributed by atoms with Crippen molar-refractivity contribution in [2.75, 3.05) is 53.5 Å². The monoisotopic (exact) mass is 334 g/mol. The van der Waals surface area contributed by atoms with Gasteiger partial charge in [-0.05, 0) is 38.8 Å². The molecule has 0 aromatic heterocycles. The number of methoxy groups -OCH3 is 1. The topological polar surface area (TPSA) is 48.9 Å². The van der Waals surface area contributed by atoms with Gasteiger partial charge in [-0.2, -0.15) is 0 Å². The van der Waals surface area contributed by atoms with Crippen LogP contribution in [0.3, 0.4) is 0 Å². The standard InChI is InChI=1S/C19H34N4O/c1-4-20-19(22-14-16-23(2)15-9-17-24-3)21-13-8-12-18-10-6-5-7-11-18/h5-7,10-11H,4,8-9,12-17H2,1-3H3,(H2,20,21,22). The van der Waals surface area contributed by atoms with Crippen LogP contribution < -0.4 is 10.6 Å². The predicted molar refractivity (Wildman–Crippen MR) is 103 cm³/mol. The smallest absolute Gasteiger partial charge is 0.191 e. The fraction of sp³-hybridized carbons (Fsp3) is 0.632. The van der Waals surface area contributed by atoms with Gasteiger partial charge >= 0.3 is 0 Å². The summed E-state index contributed by atoms with van der Waals surface area (Å²) in [7, 11) is 3.89. The Bertz CT molecular complexity index is 436. The van der Waals surface area contributed by atoms with Gasteiger partial charge in [0.25, 0.3) is 0 Å². The lowest BCUT2D eigenvalue weighted by atomic mass is 10.1. The van der Waals surface area contributed by atoms with Crippen LogP contribution in [0.5, 0.6) is 0 Å². The predicted octanol–water partition coefficient (Wildman–Crippen LogP) is 2.14. The summed E-state index contributed by atoms with van der Waals surface area (Å²) in [5, 5.41) is 6.71. The average molecular weight is 335 g/mol. The Morgan fingerprint density at radius 2 is 1.92 bits per heavy atom. The van der Waals surface area contributed by atoms with Gasteiger partial charge in [0.2, 0.25) is 0 Å². The molecule has 1 rings (SSSR count). The van der Waals surface area contributed by atoms with Crippen LogP contribution in [0, 0.1) is 0 Å². The van der Waals surface area contributed by atoms with E-state index in [0.717, 1.165) is 64.6 Å². The summed E-state index contributed by atoms with van der Waals surface area (Å²) in [6, 6.07) is 10.6. The molecule has 1 aromatic carbocycles. The van der Waals surface area contributed by atoms with Crippen LogP contribution in [0.2, 0.25) is 0 Å². The van der Waals surface area contributed by atoms with E-state index in [-0.39, 0.29) is 0 Å². The number of nitrogens with zero attached hydrogens (tertiary/aromatic N) is 2. The van der Waals surface area contributed by atoms with E-state index < -0.39 is 0 Å². The number of hydrogen-bond donors (Lipinski definition) is 2. The molecule has 0 bridgehead atoms. The van der Waals surface area contributed by atoms with Gasteiger partial charge in [0, 0.05) is 46.4 Å². The van der Waals surface area contributed by atoms with Crippen molar-refractivity contribution < 1.29 is 4.74 Å². The Morgan fingerprint density at radius 3 is 2.62 bits per heavy atom. The number of guanidine groups is 1. The van der Waals surface area contributed by atoms with Crippen molar-refractivity contribution >= 4 is 5.96 Å². The van der Waals surface area contributed by atoms with Crippen molar-refractivity contribution in [3.05, 3.63) is 35.9 Å². The highest BCUT2D eigenvalue weighted by Crippen LogP contribution is 2.02. The largest absolute Gasteiger partial charge is 0.385 e. The van der Waals surface area contributed by atoms with Crippen molar-refractivity contribution in [3.63, 3.8) is 0 Å². The molecule has 136 valence electrons. The van der Waals surface area contributed by atoms with Crippen molar-refractivity contribution in [2.24, 2.45) is 4.99 Å². The molecule has 0 fully saturated rings. The molecule has 5 nitrogen and oxygen atoms in total. The highest BCUT2D eigenvalue weighted by Gasteiger charge is 2.00. The zero-order chi connectivity index (χ0) is 17.5. The quantitative estimate of drug-likeness (QED) is 0.349. The fourth-order valence-electron chi connectivity index (χ4n) is 2.42. The Balaban J connectivity index is 2.21. The van der Waals surface area contributed by atoms with Gasteiger partial charge in [0.05, 0.1) is 0 Å². The molecule has 0 aliphatic carbocycles. The SMILES string of the molecule is CCNC(=NCCCc1ccccc1)NCCN(C)CCCOC. The molecular weight excluding hydrogens is 300 g/mol. The second kappa shape index (κ2) is 13.8. The van der Waals surface area contributed by atoms with Crippen LogP contribution in [0.1, 0.15) is 25.3 Å². The summed E-state index contributed by atoms with van der Waals surface area (Å²) >= 11 is 0. The normalized spacial score (nSPS) is 11.8. The minimum atomic E-state index is 0.823. The third kappa shape index (κ3) is 10.2. The highest BCUT2D eigenvalue weighted by molar-refractivity contribution is 5.79. The number of ether oxygens (including phenoxy) is 1. The van der Waals surface area contributed by atoms with Crippen LogP contribution in [0.4, 0.5) is 0 Å². The van der Waals surface area contributed by atoms with E-state index in [2.05, 4.69) is 64.8 Å². The van der Waals surface area contributed by atoms with Crippen LogP contribution in [0.15, 0.2) is 35.3 Å². The Labute approximate surface area is 147 Å². The molecule has 24 heavy (non-hydrogen) atoms. The van der Waals surface area contributed by atoms with E-state index in [1.54, 1.807) is 7.11 Å². The number of aliphatic imine (C=N–C) groups is 1. The first-order valence-electron chi connectivity index (χ1n) is 8.99. The zero-order valence-electron chi connectivity index (χ0n) is 15.6. The molecule has 0 saturated heterocycles. The number of benzene rings is 1. The van der Waals surface area contributed by atoms with Crippen LogP contribution >= 0.6 is 0 Å². The average Bonchev–Trinajstić information content (AvgIpc) is 2.60. The van der Waals surface area contributed by atoms with Crippen LogP contribution in [-0.2, 0) is 11.2 Å². The lowest BCUT2D eigenvalue weighted by molar-refractivity contribution is 0.180. The lowest BCUT2D eigenvalue weighted by Crippen LogP contribution is -2.41. The molecule has 1 aromatic rings. The van der Waals surface area contributed by atoms with Gasteiger partial charge in [-0.15, -0.1) is 0 Å². The van der Waals surface area contributed by atoms with Crippen molar-refractivity contribution in [3.8, 4) is 0 Å². The second-order valence-electron chi connectivity index (χ2n) is 5.93. The van der Waals surface area contributed by atoms with Crippen LogP contribution in [-0.4, -0.2) is 64.3 Å². The van der Waals surface area contributed by atoms with Crippen molar-refractivity contribution in [1.82, 2.24) is 15.5 Å². The Hall–Kier alpha value is -1.59. The molecule has 0 amide bonds. The molecule has 0 aliphatic heterocycles. The van der Waals surface area contributed by atoms with Gasteiger partial charge in [-0.3, -0.25) is 4.99 Å². The first-order chi connectivity index (χ1) is 11.8. The van der Waals surface area contributed by atoms with Gasteiger partial charge < -0.3 is 20.3 Å². The number of aryl methyl sites for hydroxylation is 1. The summed E-state index contributed by atoms with van der Waals surface area (Å²) in [6.07, 6.45) is 3.21. The van der Waals surface area contributed by atoms with Gasteiger partial charge in [0.1, 0.15) is 0 Å². The number of rotatable bonds is 12. The molecule has 0 aliphatic rings. The molecule has 0 saturated carbocycles. The molecule has 0 radical (unpaired) electrons. The maximum absolute atomic E-state index is 5.08. The zero-order valence-corrected chi connectivity index (χ0v) is 15.6. The molecule has 5 heteroatoms. The summed E-state index contributed by atoms with van der Waals surface area (Å²) < 4.78 is 5.08. The van der Waals surface area contributed by atoms with E-state index in [0.29, 0.717) is 0 Å². The minimum Gasteiger partial charge on any atom is -0.385 e. The van der Waals surface area contributed by atoms with E-state index in [9.17, 15) is 0 Å². The summed E-state index contributed by atoms with van der Waals surface area (Å²) in [5.41, 5.74) is 1.38. The Kier molecular flexibility index (Phi) is 11.8. The summed E-state index contributed by atoms with van der Waals surface area (Å²) in [5.74, 6) is 0.913. The van der Waals surface area contributed by atoms with E-state index >= 15 is 0 Å². The molecule has 0 spiro atoms. The van der Waals surface area contributed by atoms with E-state index in [1.807, 2.05) is 0 Å². The van der Waals surface area contributed by atoms with Crippen LogP contribution in [0.25, 0.3) is 0 Å². The van der Waals surface area contributed by atoms with Crippen molar-refractivity contribution in [2.45, 2.75) is 26.2 Å². The van der Waals surface area contributed by atoms with Crippen molar-refractivity contribution in [1.29, 1.82) is 0 Å². The number of nitrogens with one attached hydrogen (secondary N) is 2. The Morgan fingerprint density at radius 1 is 1.12 bits per heavy atom. The second-order valence-corrected chi connectivity index (χ2v) is 5.93. The van der Waals surface area contributed by atoms with Gasteiger partial charge in [-0.25, -0.2) is 0 Å². The lowest BCUT2D eigenvalue weighted by Gasteiger charge is -2.18.